The van der Waals surface area contributed by atoms with Gasteiger partial charge in [0.1, 0.15) is 0 Å². The van der Waals surface area contributed by atoms with Crippen molar-refractivity contribution in [3.8, 4) is 0 Å². The van der Waals surface area contributed by atoms with Gasteiger partial charge in [0.15, 0.2) is 5.96 Å². The van der Waals surface area contributed by atoms with E-state index in [-0.39, 0.29) is 0 Å². The lowest BCUT2D eigenvalue weighted by Crippen LogP contribution is -2.34. The molecule has 74 valence electrons. The van der Waals surface area contributed by atoms with Gasteiger partial charge in [-0.25, -0.2) is 0 Å². The van der Waals surface area contributed by atoms with E-state index < -0.39 is 0 Å². The molecule has 1 unspecified atom stereocenters. The summed E-state index contributed by atoms with van der Waals surface area (Å²) in [4.78, 5) is 11.0. The Labute approximate surface area is 83.4 Å². The van der Waals surface area contributed by atoms with Crippen LogP contribution in [0, 0.1) is 0 Å². The monoisotopic (exact) mass is 190 g/mol. The molecule has 0 aromatic heterocycles. The maximum atomic E-state index is 4.48. The molecule has 1 atom stereocenters. The first kappa shape index (κ1) is 8.03. The van der Waals surface area contributed by atoms with Gasteiger partial charge in [-0.2, -0.15) is 0 Å². The van der Waals surface area contributed by atoms with Gasteiger partial charge in [-0.3, -0.25) is 9.98 Å². The first-order chi connectivity index (χ1) is 6.95. The van der Waals surface area contributed by atoms with Crippen molar-refractivity contribution >= 4 is 12.2 Å². The molecule has 14 heavy (non-hydrogen) atoms. The van der Waals surface area contributed by atoms with Crippen LogP contribution in [-0.2, 0) is 0 Å². The van der Waals surface area contributed by atoms with Crippen LogP contribution < -0.4 is 5.32 Å². The zero-order chi connectivity index (χ0) is 9.38. The molecule has 3 aliphatic heterocycles. The Bertz CT molecular complexity index is 329. The van der Waals surface area contributed by atoms with E-state index in [1.165, 1.54) is 5.70 Å². The first-order valence-electron chi connectivity index (χ1n) is 5.25. The highest BCUT2D eigenvalue weighted by molar-refractivity contribution is 5.86. The van der Waals surface area contributed by atoms with E-state index in [0.717, 1.165) is 38.3 Å². The molecule has 1 N–H and O–H groups in total. The second-order valence-corrected chi connectivity index (χ2v) is 3.87. The Balaban J connectivity index is 1.96. The molecule has 4 heteroatoms. The third-order valence-corrected chi connectivity index (χ3v) is 2.93. The van der Waals surface area contributed by atoms with Crippen LogP contribution in [0.15, 0.2) is 21.9 Å². The Morgan fingerprint density at radius 3 is 3.50 bits per heavy atom. The Hall–Kier alpha value is -1.32. The second-order valence-electron chi connectivity index (χ2n) is 3.87. The Kier molecular flexibility index (Phi) is 1.79. The predicted octanol–water partition coefficient (Wildman–Crippen LogP) is 0.726. The summed E-state index contributed by atoms with van der Waals surface area (Å²) >= 11 is 0. The molecule has 0 amide bonds. The molecular formula is C10H14N4. The SMILES string of the molecule is C1=NC=C2C(CC1)NC1=NCCCN21. The highest BCUT2D eigenvalue weighted by Gasteiger charge is 2.33. The topological polar surface area (TPSA) is 40.0 Å². The molecule has 3 heterocycles. The maximum Gasteiger partial charge on any atom is 0.198 e. The lowest BCUT2D eigenvalue weighted by atomic mass is 10.1. The number of hydrogen-bond acceptors (Lipinski definition) is 4. The summed E-state index contributed by atoms with van der Waals surface area (Å²) in [5.41, 5.74) is 1.30. The van der Waals surface area contributed by atoms with Crippen LogP contribution in [0.5, 0.6) is 0 Å². The standard InChI is InChI=1S/C10H14N4/c1-3-8-9(7-11-4-1)14-6-2-5-12-10(14)13-8/h4,7-8H,1-3,5-6H2,(H,12,13). The second kappa shape index (κ2) is 3.12. The third kappa shape index (κ3) is 1.14. The molecule has 3 aliphatic rings. The van der Waals surface area contributed by atoms with Crippen LogP contribution >= 0.6 is 0 Å². The van der Waals surface area contributed by atoms with Gasteiger partial charge in [-0.1, -0.05) is 0 Å². The van der Waals surface area contributed by atoms with E-state index in [1.807, 2.05) is 12.4 Å². The highest BCUT2D eigenvalue weighted by atomic mass is 15.4. The van der Waals surface area contributed by atoms with Crippen molar-refractivity contribution in [3.63, 3.8) is 0 Å². The summed E-state index contributed by atoms with van der Waals surface area (Å²) in [5, 5.41) is 3.46. The molecule has 0 saturated carbocycles. The fourth-order valence-corrected chi connectivity index (χ4v) is 2.22. The fraction of sp³-hybridized carbons (Fsp3) is 0.600. The zero-order valence-corrected chi connectivity index (χ0v) is 8.11. The van der Waals surface area contributed by atoms with E-state index in [4.69, 9.17) is 0 Å². The number of guanidine groups is 1. The number of rotatable bonds is 0. The minimum Gasteiger partial charge on any atom is -0.348 e. The molecule has 0 aliphatic carbocycles. The van der Waals surface area contributed by atoms with Crippen LogP contribution in [0.2, 0.25) is 0 Å². The number of nitrogens with zero attached hydrogens (tertiary/aromatic N) is 3. The number of hydrogen-bond donors (Lipinski definition) is 1. The average Bonchev–Trinajstić information content (AvgIpc) is 2.42. The fourth-order valence-electron chi connectivity index (χ4n) is 2.22. The van der Waals surface area contributed by atoms with Crippen molar-refractivity contribution in [2.45, 2.75) is 25.3 Å². The van der Waals surface area contributed by atoms with Crippen LogP contribution in [0.25, 0.3) is 0 Å². The smallest absolute Gasteiger partial charge is 0.198 e. The summed E-state index contributed by atoms with van der Waals surface area (Å²) in [6.45, 7) is 2.05. The molecule has 3 rings (SSSR count). The molecule has 0 aromatic carbocycles. The van der Waals surface area contributed by atoms with E-state index in [2.05, 4.69) is 20.2 Å². The van der Waals surface area contributed by atoms with E-state index >= 15 is 0 Å². The Morgan fingerprint density at radius 2 is 2.50 bits per heavy atom. The van der Waals surface area contributed by atoms with E-state index in [1.54, 1.807) is 0 Å². The maximum absolute atomic E-state index is 4.48. The van der Waals surface area contributed by atoms with Crippen molar-refractivity contribution in [3.05, 3.63) is 11.9 Å². The molecule has 1 saturated heterocycles. The van der Waals surface area contributed by atoms with E-state index in [9.17, 15) is 0 Å². The number of fused-ring (bicyclic) bond motifs is 3. The molecular weight excluding hydrogens is 176 g/mol. The molecule has 0 bridgehead atoms. The minimum absolute atomic E-state index is 0.439. The summed E-state index contributed by atoms with van der Waals surface area (Å²) in [6.07, 6.45) is 7.31. The van der Waals surface area contributed by atoms with Crippen molar-refractivity contribution in [2.24, 2.45) is 9.98 Å². The summed E-state index contributed by atoms with van der Waals surface area (Å²) in [7, 11) is 0. The van der Waals surface area contributed by atoms with Gasteiger partial charge in [-0.05, 0) is 19.3 Å². The van der Waals surface area contributed by atoms with Gasteiger partial charge < -0.3 is 10.2 Å². The highest BCUT2D eigenvalue weighted by Crippen LogP contribution is 2.24. The molecule has 1 fully saturated rings. The van der Waals surface area contributed by atoms with Gasteiger partial charge in [0.2, 0.25) is 0 Å². The molecule has 0 radical (unpaired) electrons. The van der Waals surface area contributed by atoms with Crippen LogP contribution in [-0.4, -0.2) is 36.2 Å². The van der Waals surface area contributed by atoms with Crippen molar-refractivity contribution in [1.29, 1.82) is 0 Å². The van der Waals surface area contributed by atoms with Crippen LogP contribution in [0.1, 0.15) is 19.3 Å². The van der Waals surface area contributed by atoms with Gasteiger partial charge in [0.25, 0.3) is 0 Å². The van der Waals surface area contributed by atoms with Gasteiger partial charge in [0, 0.05) is 25.5 Å². The summed E-state index contributed by atoms with van der Waals surface area (Å²) in [5.74, 6) is 1.06. The Morgan fingerprint density at radius 1 is 1.50 bits per heavy atom. The lowest BCUT2D eigenvalue weighted by Gasteiger charge is -2.22. The number of nitrogens with one attached hydrogen (secondary N) is 1. The van der Waals surface area contributed by atoms with Gasteiger partial charge in [-0.15, -0.1) is 0 Å². The first-order valence-corrected chi connectivity index (χ1v) is 5.25. The van der Waals surface area contributed by atoms with Crippen LogP contribution in [0.3, 0.4) is 0 Å². The quantitative estimate of drug-likeness (QED) is 0.611. The molecule has 0 aromatic rings. The summed E-state index contributed by atoms with van der Waals surface area (Å²) < 4.78 is 0. The van der Waals surface area contributed by atoms with Crippen molar-refractivity contribution < 1.29 is 0 Å². The zero-order valence-electron chi connectivity index (χ0n) is 8.11. The molecule has 4 nitrogen and oxygen atoms in total. The van der Waals surface area contributed by atoms with Crippen LogP contribution in [0.4, 0.5) is 0 Å². The average molecular weight is 190 g/mol. The van der Waals surface area contributed by atoms with Crippen molar-refractivity contribution in [1.82, 2.24) is 10.2 Å². The largest absolute Gasteiger partial charge is 0.348 e. The third-order valence-electron chi connectivity index (χ3n) is 2.93. The predicted molar refractivity (Wildman–Crippen MR) is 56.4 cm³/mol. The summed E-state index contributed by atoms with van der Waals surface area (Å²) in [6, 6.07) is 0.439. The van der Waals surface area contributed by atoms with Crippen molar-refractivity contribution in [2.75, 3.05) is 13.1 Å². The normalized spacial score (nSPS) is 29.7. The molecule has 0 spiro atoms. The van der Waals surface area contributed by atoms with E-state index in [0.29, 0.717) is 6.04 Å². The van der Waals surface area contributed by atoms with Gasteiger partial charge in [0.05, 0.1) is 11.7 Å². The number of aliphatic imine (C=N–C) groups is 2. The van der Waals surface area contributed by atoms with Gasteiger partial charge >= 0.3 is 0 Å². The lowest BCUT2D eigenvalue weighted by molar-refractivity contribution is 0.476. The minimum atomic E-state index is 0.439.